The Balaban J connectivity index is 1.85. The first-order chi connectivity index (χ1) is 9.65. The summed E-state index contributed by atoms with van der Waals surface area (Å²) in [5, 5.41) is 10.7. The van der Waals surface area contributed by atoms with Crippen LogP contribution in [0.4, 0.5) is 0 Å². The lowest BCUT2D eigenvalue weighted by Crippen LogP contribution is -2.49. The van der Waals surface area contributed by atoms with Crippen molar-refractivity contribution < 1.29 is 9.90 Å². The Hall–Kier alpha value is -1.81. The zero-order valence-corrected chi connectivity index (χ0v) is 11.5. The summed E-state index contributed by atoms with van der Waals surface area (Å²) in [5.41, 5.74) is 3.88. The van der Waals surface area contributed by atoms with Gasteiger partial charge in [0.25, 0.3) is 0 Å². The monoisotopic (exact) mass is 270 g/mol. The third-order valence-corrected chi connectivity index (χ3v) is 5.07. The summed E-state index contributed by atoms with van der Waals surface area (Å²) in [5.74, 6) is -0.582. The number of carbonyl (C=O) groups is 1. The molecule has 3 unspecified atom stereocenters. The van der Waals surface area contributed by atoms with Crippen LogP contribution >= 0.6 is 0 Å². The van der Waals surface area contributed by atoms with E-state index in [0.29, 0.717) is 18.5 Å². The summed E-state index contributed by atoms with van der Waals surface area (Å²) in [7, 11) is 2.06. The van der Waals surface area contributed by atoms with E-state index in [2.05, 4.69) is 41.3 Å². The van der Waals surface area contributed by atoms with Crippen LogP contribution in [0.3, 0.4) is 0 Å². The number of likely N-dealkylation sites (tertiary alicyclic amines) is 1. The van der Waals surface area contributed by atoms with Crippen molar-refractivity contribution in [2.24, 2.45) is 5.92 Å². The topological polar surface area (TPSA) is 56.3 Å². The third kappa shape index (κ3) is 1.54. The van der Waals surface area contributed by atoms with E-state index >= 15 is 0 Å². The summed E-state index contributed by atoms with van der Waals surface area (Å²) < 4.78 is 0. The molecular weight excluding hydrogens is 252 g/mol. The van der Waals surface area contributed by atoms with Gasteiger partial charge >= 0.3 is 5.97 Å². The number of aromatic nitrogens is 1. The molecule has 4 nitrogen and oxygen atoms in total. The predicted octanol–water partition coefficient (Wildman–Crippen LogP) is 2.21. The van der Waals surface area contributed by atoms with Crippen LogP contribution in [0.2, 0.25) is 0 Å². The Kier molecular flexibility index (Phi) is 2.45. The predicted molar refractivity (Wildman–Crippen MR) is 76.9 cm³/mol. The van der Waals surface area contributed by atoms with E-state index < -0.39 is 5.97 Å². The smallest absolute Gasteiger partial charge is 0.307 e. The number of aromatic amines is 1. The molecule has 2 N–H and O–H groups in total. The highest BCUT2D eigenvalue weighted by Gasteiger charge is 2.41. The Morgan fingerprint density at radius 1 is 1.45 bits per heavy atom. The van der Waals surface area contributed by atoms with Gasteiger partial charge in [-0.25, -0.2) is 0 Å². The molecule has 0 radical (unpaired) electrons. The fraction of sp³-hybridized carbons (Fsp3) is 0.438. The molecule has 0 saturated carbocycles. The average Bonchev–Trinajstić information content (AvgIpc) is 2.84. The number of carboxylic acid groups (broad SMARTS) is 1. The zero-order chi connectivity index (χ0) is 13.9. The maximum Gasteiger partial charge on any atom is 0.307 e. The average molecular weight is 270 g/mol. The van der Waals surface area contributed by atoms with Crippen molar-refractivity contribution in [3.8, 4) is 0 Å². The quantitative estimate of drug-likeness (QED) is 0.835. The van der Waals surface area contributed by atoms with Crippen molar-refractivity contribution in [2.75, 3.05) is 13.6 Å². The number of nitrogens with zero attached hydrogens (tertiary/aromatic N) is 1. The van der Waals surface area contributed by atoms with E-state index in [-0.39, 0.29) is 5.92 Å². The number of aliphatic carboxylic acids is 1. The number of H-pyrrole nitrogens is 1. The lowest BCUT2D eigenvalue weighted by atomic mass is 9.72. The van der Waals surface area contributed by atoms with Gasteiger partial charge in [-0.1, -0.05) is 12.1 Å². The molecule has 4 heteroatoms. The summed E-state index contributed by atoms with van der Waals surface area (Å²) in [4.78, 5) is 17.0. The first-order valence-corrected chi connectivity index (χ1v) is 7.17. The summed E-state index contributed by atoms with van der Waals surface area (Å²) in [6.45, 7) is 0.659. The van der Waals surface area contributed by atoms with Crippen LogP contribution in [0, 0.1) is 5.92 Å². The molecular formula is C16H18N2O2. The minimum Gasteiger partial charge on any atom is -0.481 e. The van der Waals surface area contributed by atoms with Gasteiger partial charge < -0.3 is 15.0 Å². The fourth-order valence-electron chi connectivity index (χ4n) is 4.12. The second kappa shape index (κ2) is 4.09. The Labute approximate surface area is 117 Å². The number of hydrogen-bond acceptors (Lipinski definition) is 2. The molecule has 0 spiro atoms. The minimum atomic E-state index is -0.664. The first-order valence-electron chi connectivity index (χ1n) is 7.17. The number of fused-ring (bicyclic) bond motifs is 2. The molecule has 1 aliphatic heterocycles. The Morgan fingerprint density at radius 3 is 3.10 bits per heavy atom. The van der Waals surface area contributed by atoms with E-state index in [4.69, 9.17) is 0 Å². The maximum absolute atomic E-state index is 11.4. The number of rotatable bonds is 1. The molecule has 1 aromatic carbocycles. The van der Waals surface area contributed by atoms with Gasteiger partial charge in [-0.3, -0.25) is 4.79 Å². The van der Waals surface area contributed by atoms with Crippen LogP contribution in [0.25, 0.3) is 10.9 Å². The lowest BCUT2D eigenvalue weighted by Gasteiger charge is -2.44. The molecule has 1 fully saturated rings. The lowest BCUT2D eigenvalue weighted by molar-refractivity contribution is -0.144. The van der Waals surface area contributed by atoms with Gasteiger partial charge in [0.1, 0.15) is 0 Å². The molecule has 2 aliphatic rings. The molecule has 1 aliphatic carbocycles. The molecule has 20 heavy (non-hydrogen) atoms. The van der Waals surface area contributed by atoms with Gasteiger partial charge in [-0.15, -0.1) is 0 Å². The second-order valence-electron chi connectivity index (χ2n) is 6.17. The summed E-state index contributed by atoms with van der Waals surface area (Å²) in [6.07, 6.45) is 3.89. The van der Waals surface area contributed by atoms with Crippen LogP contribution in [0.5, 0.6) is 0 Å². The SMILES string of the molecule is CN1CC(C(=O)O)CC2c3cccc4[nH]cc(c34)CC21. The highest BCUT2D eigenvalue weighted by atomic mass is 16.4. The van der Waals surface area contributed by atoms with E-state index in [1.54, 1.807) is 0 Å². The second-order valence-corrected chi connectivity index (χ2v) is 6.17. The van der Waals surface area contributed by atoms with Crippen molar-refractivity contribution in [3.63, 3.8) is 0 Å². The molecule has 0 amide bonds. The van der Waals surface area contributed by atoms with Crippen molar-refractivity contribution in [1.82, 2.24) is 9.88 Å². The van der Waals surface area contributed by atoms with Crippen LogP contribution in [-0.4, -0.2) is 40.6 Å². The Bertz CT molecular complexity index is 691. The number of nitrogens with one attached hydrogen (secondary N) is 1. The number of benzene rings is 1. The van der Waals surface area contributed by atoms with Crippen molar-refractivity contribution >= 4 is 16.9 Å². The van der Waals surface area contributed by atoms with E-state index in [1.807, 2.05) is 0 Å². The first kappa shape index (κ1) is 12.0. The third-order valence-electron chi connectivity index (χ3n) is 5.07. The van der Waals surface area contributed by atoms with Gasteiger partial charge in [-0.05, 0) is 37.1 Å². The molecule has 1 saturated heterocycles. The van der Waals surface area contributed by atoms with Crippen LogP contribution < -0.4 is 0 Å². The van der Waals surface area contributed by atoms with E-state index in [0.717, 1.165) is 12.8 Å². The molecule has 104 valence electrons. The molecule has 2 heterocycles. The van der Waals surface area contributed by atoms with Crippen LogP contribution in [0.1, 0.15) is 23.5 Å². The van der Waals surface area contributed by atoms with Gasteiger partial charge in [0.15, 0.2) is 0 Å². The van der Waals surface area contributed by atoms with Gasteiger partial charge in [0, 0.05) is 35.6 Å². The van der Waals surface area contributed by atoms with Crippen LogP contribution in [0.15, 0.2) is 24.4 Å². The molecule has 1 aromatic heterocycles. The maximum atomic E-state index is 11.4. The minimum absolute atomic E-state index is 0.253. The van der Waals surface area contributed by atoms with Gasteiger partial charge in [0.05, 0.1) is 5.92 Å². The normalized spacial score (nSPS) is 29.4. The summed E-state index contributed by atoms with van der Waals surface area (Å²) in [6, 6.07) is 6.78. The molecule has 3 atom stereocenters. The van der Waals surface area contributed by atoms with Crippen molar-refractivity contribution in [3.05, 3.63) is 35.5 Å². The highest BCUT2D eigenvalue weighted by molar-refractivity contribution is 5.88. The summed E-state index contributed by atoms with van der Waals surface area (Å²) >= 11 is 0. The van der Waals surface area contributed by atoms with Crippen LogP contribution in [-0.2, 0) is 11.2 Å². The zero-order valence-electron chi connectivity index (χ0n) is 11.5. The van der Waals surface area contributed by atoms with Crippen molar-refractivity contribution in [2.45, 2.75) is 24.8 Å². The van der Waals surface area contributed by atoms with Gasteiger partial charge in [-0.2, -0.15) is 0 Å². The number of hydrogen-bond donors (Lipinski definition) is 2. The molecule has 2 aromatic rings. The number of likely N-dealkylation sites (N-methyl/N-ethyl adjacent to an activating group) is 1. The van der Waals surface area contributed by atoms with Crippen molar-refractivity contribution in [1.29, 1.82) is 0 Å². The molecule has 4 rings (SSSR count). The number of piperidine rings is 1. The molecule has 0 bridgehead atoms. The van der Waals surface area contributed by atoms with Gasteiger partial charge in [0.2, 0.25) is 0 Å². The Morgan fingerprint density at radius 2 is 2.30 bits per heavy atom. The highest BCUT2D eigenvalue weighted by Crippen LogP contribution is 2.44. The standard InChI is InChI=1S/C16H18N2O2/c1-18-8-10(16(19)20)5-12-11-3-2-4-13-15(11)9(7-17-13)6-14(12)18/h2-4,7,10,12,14,17H,5-6,8H2,1H3,(H,19,20). The van der Waals surface area contributed by atoms with E-state index in [9.17, 15) is 9.90 Å². The number of carboxylic acids is 1. The largest absolute Gasteiger partial charge is 0.481 e. The van der Waals surface area contributed by atoms with E-state index in [1.165, 1.54) is 22.0 Å². The fourth-order valence-corrected chi connectivity index (χ4v) is 4.12.